The maximum Gasteiger partial charge on any atom is 0.237 e. The van der Waals surface area contributed by atoms with E-state index >= 15 is 0 Å². The van der Waals surface area contributed by atoms with Crippen molar-refractivity contribution in [2.75, 3.05) is 40.4 Å². The van der Waals surface area contributed by atoms with Gasteiger partial charge >= 0.3 is 0 Å². The highest BCUT2D eigenvalue weighted by molar-refractivity contribution is 5.82. The lowest BCUT2D eigenvalue weighted by Crippen LogP contribution is -2.51. The molecule has 0 unspecified atom stereocenters. The summed E-state index contributed by atoms with van der Waals surface area (Å²) in [7, 11) is 3.26. The molecule has 1 aliphatic heterocycles. The molecule has 0 spiro atoms. The highest BCUT2D eigenvalue weighted by Crippen LogP contribution is 2.17. The van der Waals surface area contributed by atoms with E-state index in [-0.39, 0.29) is 24.9 Å². The van der Waals surface area contributed by atoms with Crippen molar-refractivity contribution < 1.29 is 19.1 Å². The number of benzene rings is 2. The molecule has 2 aromatic rings. The minimum Gasteiger partial charge on any atom is -0.497 e. The maximum absolute atomic E-state index is 13.1. The zero-order valence-corrected chi connectivity index (χ0v) is 16.9. The van der Waals surface area contributed by atoms with Crippen molar-refractivity contribution in [1.29, 1.82) is 0 Å². The van der Waals surface area contributed by atoms with Gasteiger partial charge in [-0.1, -0.05) is 24.3 Å². The molecule has 0 aromatic heterocycles. The molecule has 0 radical (unpaired) electrons. The van der Waals surface area contributed by atoms with E-state index in [9.17, 15) is 9.59 Å². The average molecular weight is 397 g/mol. The van der Waals surface area contributed by atoms with E-state index in [0.29, 0.717) is 26.2 Å². The van der Waals surface area contributed by atoms with Gasteiger partial charge in [0.2, 0.25) is 11.8 Å². The van der Waals surface area contributed by atoms with Crippen LogP contribution in [0.15, 0.2) is 48.5 Å². The van der Waals surface area contributed by atoms with E-state index in [1.165, 1.54) is 0 Å². The monoisotopic (exact) mass is 397 g/mol. The minimum atomic E-state index is -0.0408. The Kier molecular flexibility index (Phi) is 7.08. The molecule has 3 rings (SSSR count). The Morgan fingerprint density at radius 1 is 0.966 bits per heavy atom. The van der Waals surface area contributed by atoms with Gasteiger partial charge in [-0.2, -0.15) is 0 Å². The van der Waals surface area contributed by atoms with E-state index in [2.05, 4.69) is 5.32 Å². The van der Waals surface area contributed by atoms with Crippen molar-refractivity contribution in [3.8, 4) is 11.5 Å². The Morgan fingerprint density at radius 3 is 1.93 bits per heavy atom. The molecule has 2 aromatic carbocycles. The fraction of sp³-hybridized carbons (Fsp3) is 0.364. The summed E-state index contributed by atoms with van der Waals surface area (Å²) in [6.45, 7) is 2.69. The Bertz CT molecular complexity index is 771. The van der Waals surface area contributed by atoms with Crippen LogP contribution in [0.2, 0.25) is 0 Å². The standard InChI is InChI=1S/C22H27N3O4/c1-28-19-7-3-17(4-8-19)13-25(14-18-5-9-20(29-2)10-6-18)22(27)16-24-12-11-23-21(26)15-24/h3-10H,11-16H2,1-2H3,(H,23,26). The first-order valence-electron chi connectivity index (χ1n) is 9.60. The molecule has 0 bridgehead atoms. The number of nitrogens with one attached hydrogen (secondary N) is 1. The molecular weight excluding hydrogens is 370 g/mol. The van der Waals surface area contributed by atoms with E-state index in [1.807, 2.05) is 58.3 Å². The van der Waals surface area contributed by atoms with Crippen LogP contribution in [0.5, 0.6) is 11.5 Å². The number of amides is 2. The number of carbonyl (C=O) groups is 2. The second kappa shape index (κ2) is 9.93. The number of rotatable bonds is 8. The van der Waals surface area contributed by atoms with Crippen molar-refractivity contribution >= 4 is 11.8 Å². The summed E-state index contributed by atoms with van der Waals surface area (Å²) in [5.41, 5.74) is 2.04. The summed E-state index contributed by atoms with van der Waals surface area (Å²) >= 11 is 0. The number of ether oxygens (including phenoxy) is 2. The molecule has 7 nitrogen and oxygen atoms in total. The number of hydrogen-bond donors (Lipinski definition) is 1. The lowest BCUT2D eigenvalue weighted by Gasteiger charge is -2.29. The lowest BCUT2D eigenvalue weighted by molar-refractivity contribution is -0.135. The topological polar surface area (TPSA) is 71.1 Å². The van der Waals surface area contributed by atoms with E-state index < -0.39 is 0 Å². The molecule has 0 aliphatic carbocycles. The molecule has 1 heterocycles. The average Bonchev–Trinajstić information content (AvgIpc) is 2.74. The van der Waals surface area contributed by atoms with Crippen LogP contribution in [0.25, 0.3) is 0 Å². The first-order valence-corrected chi connectivity index (χ1v) is 9.60. The fourth-order valence-corrected chi connectivity index (χ4v) is 3.25. The number of carbonyl (C=O) groups excluding carboxylic acids is 2. The van der Waals surface area contributed by atoms with E-state index in [0.717, 1.165) is 22.6 Å². The molecular formula is C22H27N3O4. The van der Waals surface area contributed by atoms with Gasteiger partial charge in [0.15, 0.2) is 0 Å². The van der Waals surface area contributed by atoms with Crippen molar-refractivity contribution in [3.05, 3.63) is 59.7 Å². The molecule has 0 atom stereocenters. The van der Waals surface area contributed by atoms with Gasteiger partial charge in [-0.15, -0.1) is 0 Å². The van der Waals surface area contributed by atoms with Crippen LogP contribution >= 0.6 is 0 Å². The predicted molar refractivity (Wildman–Crippen MR) is 110 cm³/mol. The van der Waals surface area contributed by atoms with Crippen LogP contribution in [0, 0.1) is 0 Å². The van der Waals surface area contributed by atoms with Gasteiger partial charge in [-0.05, 0) is 35.4 Å². The summed E-state index contributed by atoms with van der Waals surface area (Å²) in [4.78, 5) is 28.4. The number of hydrogen-bond acceptors (Lipinski definition) is 5. The summed E-state index contributed by atoms with van der Waals surface area (Å²) in [5.74, 6) is 1.51. The summed E-state index contributed by atoms with van der Waals surface area (Å²) in [6.07, 6.45) is 0. The SMILES string of the molecule is COc1ccc(CN(Cc2ccc(OC)cc2)C(=O)CN2CCNC(=O)C2)cc1. The first-order chi connectivity index (χ1) is 14.1. The van der Waals surface area contributed by atoms with Crippen LogP contribution in [-0.4, -0.2) is 62.0 Å². The zero-order chi connectivity index (χ0) is 20.6. The van der Waals surface area contributed by atoms with Gasteiger partial charge in [0.25, 0.3) is 0 Å². The second-order valence-electron chi connectivity index (χ2n) is 7.01. The number of methoxy groups -OCH3 is 2. The van der Waals surface area contributed by atoms with Crippen LogP contribution in [-0.2, 0) is 22.7 Å². The van der Waals surface area contributed by atoms with E-state index in [1.54, 1.807) is 14.2 Å². The zero-order valence-electron chi connectivity index (χ0n) is 16.9. The second-order valence-corrected chi connectivity index (χ2v) is 7.01. The molecule has 1 N–H and O–H groups in total. The van der Waals surface area contributed by atoms with Crippen LogP contribution in [0.3, 0.4) is 0 Å². The summed E-state index contributed by atoms with van der Waals surface area (Å²) < 4.78 is 10.4. The molecule has 7 heteroatoms. The van der Waals surface area contributed by atoms with Gasteiger partial charge in [0.05, 0.1) is 27.3 Å². The van der Waals surface area contributed by atoms with Crippen LogP contribution < -0.4 is 14.8 Å². The van der Waals surface area contributed by atoms with Gasteiger partial charge < -0.3 is 19.7 Å². The largest absolute Gasteiger partial charge is 0.497 e. The van der Waals surface area contributed by atoms with Crippen LogP contribution in [0.1, 0.15) is 11.1 Å². The summed E-state index contributed by atoms with van der Waals surface area (Å²) in [6, 6.07) is 15.4. The molecule has 154 valence electrons. The smallest absolute Gasteiger partial charge is 0.237 e. The van der Waals surface area contributed by atoms with E-state index in [4.69, 9.17) is 9.47 Å². The summed E-state index contributed by atoms with van der Waals surface area (Å²) in [5, 5.41) is 2.79. The molecule has 0 saturated carbocycles. The molecule has 2 amide bonds. The van der Waals surface area contributed by atoms with Crippen molar-refractivity contribution in [2.24, 2.45) is 0 Å². The van der Waals surface area contributed by atoms with Gasteiger partial charge in [-0.25, -0.2) is 0 Å². The third-order valence-corrected chi connectivity index (χ3v) is 4.89. The normalized spacial score (nSPS) is 14.2. The Labute approximate surface area is 171 Å². The highest BCUT2D eigenvalue weighted by Gasteiger charge is 2.22. The molecule has 1 saturated heterocycles. The number of piperazine rings is 1. The van der Waals surface area contributed by atoms with Crippen molar-refractivity contribution in [3.63, 3.8) is 0 Å². The van der Waals surface area contributed by atoms with Gasteiger partial charge in [0, 0.05) is 26.2 Å². The third-order valence-electron chi connectivity index (χ3n) is 4.89. The number of nitrogens with zero attached hydrogens (tertiary/aromatic N) is 2. The fourth-order valence-electron chi connectivity index (χ4n) is 3.25. The van der Waals surface area contributed by atoms with Crippen molar-refractivity contribution in [1.82, 2.24) is 15.1 Å². The first kappa shape index (κ1) is 20.7. The Hall–Kier alpha value is -3.06. The lowest BCUT2D eigenvalue weighted by atomic mass is 10.1. The third kappa shape index (κ3) is 5.96. The molecule has 1 aliphatic rings. The Morgan fingerprint density at radius 2 is 1.48 bits per heavy atom. The van der Waals surface area contributed by atoms with Crippen LogP contribution in [0.4, 0.5) is 0 Å². The molecule has 29 heavy (non-hydrogen) atoms. The minimum absolute atomic E-state index is 0.00802. The van der Waals surface area contributed by atoms with Crippen molar-refractivity contribution in [2.45, 2.75) is 13.1 Å². The predicted octanol–water partition coefficient (Wildman–Crippen LogP) is 1.66. The maximum atomic E-state index is 13.1. The van der Waals surface area contributed by atoms with Gasteiger partial charge in [-0.3, -0.25) is 14.5 Å². The Balaban J connectivity index is 1.73. The molecule has 1 fully saturated rings. The quantitative estimate of drug-likeness (QED) is 0.734. The highest BCUT2D eigenvalue weighted by atomic mass is 16.5. The van der Waals surface area contributed by atoms with Gasteiger partial charge in [0.1, 0.15) is 11.5 Å².